The summed E-state index contributed by atoms with van der Waals surface area (Å²) < 4.78 is 13.7. The first kappa shape index (κ1) is 16.8. The Bertz CT molecular complexity index is 49.3. The van der Waals surface area contributed by atoms with Gasteiger partial charge in [0.2, 0.25) is 0 Å². The molecule has 54 valence electrons. The first-order chi connectivity index (χ1) is 3.15. The molecule has 0 aromatic heterocycles. The van der Waals surface area contributed by atoms with Crippen molar-refractivity contribution in [3.05, 3.63) is 0 Å². The van der Waals surface area contributed by atoms with Crippen LogP contribution < -0.4 is 0 Å². The van der Waals surface area contributed by atoms with E-state index in [-0.39, 0.29) is 26.2 Å². The molecule has 0 aliphatic rings. The van der Waals surface area contributed by atoms with Gasteiger partial charge in [-0.3, -0.25) is 4.21 Å². The molecular formula is C2H9BiI2O2S. The maximum absolute atomic E-state index is 9.56. The summed E-state index contributed by atoms with van der Waals surface area (Å²) in [6.07, 6.45) is 3.28. The molecule has 0 spiro atoms. The molecule has 0 aliphatic heterocycles. The Kier molecular flexibility index (Phi) is 34.1. The number of rotatable bonds is 0. The summed E-state index contributed by atoms with van der Waals surface area (Å²) in [5, 5.41) is 0. The van der Waals surface area contributed by atoms with Crippen molar-refractivity contribution in [3.8, 4) is 0 Å². The van der Waals surface area contributed by atoms with Crippen LogP contribution in [0.25, 0.3) is 0 Å². The summed E-state index contributed by atoms with van der Waals surface area (Å²) in [6, 6.07) is 0. The van der Waals surface area contributed by atoms with Gasteiger partial charge >= 0.3 is 26.2 Å². The van der Waals surface area contributed by atoms with Crippen LogP contribution in [0.4, 0.5) is 0 Å². The fourth-order valence-corrected chi connectivity index (χ4v) is 0. The van der Waals surface area contributed by atoms with E-state index in [0.717, 1.165) is 0 Å². The molecule has 0 aromatic rings. The van der Waals surface area contributed by atoms with E-state index in [0.29, 0.717) is 0 Å². The van der Waals surface area contributed by atoms with Crippen molar-refractivity contribution in [2.45, 2.75) is 0 Å². The number of halogens is 2. The third kappa shape index (κ3) is 78.0. The normalized spacial score (nSPS) is 6.62. The van der Waals surface area contributed by atoms with Gasteiger partial charge in [0.25, 0.3) is 0 Å². The molecule has 0 aliphatic carbocycles. The molecular weight excluding hydrogens is 551 g/mol. The monoisotopic (exact) mass is 560 g/mol. The quantitative estimate of drug-likeness (QED) is 0.320. The first-order valence-electron chi connectivity index (χ1n) is 1.29. The molecule has 0 N–H and O–H groups in total. The molecule has 0 heterocycles. The van der Waals surface area contributed by atoms with Gasteiger partial charge in [0.05, 0.1) is 0 Å². The Morgan fingerprint density at radius 2 is 1.38 bits per heavy atom. The molecule has 8 heavy (non-hydrogen) atoms. The molecule has 0 fully saturated rings. The minimum atomic E-state index is -0.611. The molecule has 0 rings (SSSR count). The second-order valence-corrected chi connectivity index (χ2v) is 4.85. The molecule has 0 atom stereocenters. The van der Waals surface area contributed by atoms with Gasteiger partial charge in [-0.25, -0.2) is 1.40 Å². The summed E-state index contributed by atoms with van der Waals surface area (Å²) >= 11 is 3.55. The molecule has 6 heteroatoms. The van der Waals surface area contributed by atoms with Crippen molar-refractivity contribution in [1.82, 2.24) is 0 Å². The van der Waals surface area contributed by atoms with E-state index >= 15 is 0 Å². The van der Waals surface area contributed by atoms with Crippen molar-refractivity contribution in [1.29, 1.82) is 0 Å². The molecule has 2 nitrogen and oxygen atoms in total. The van der Waals surface area contributed by atoms with Gasteiger partial charge in [-0.1, -0.05) is 0 Å². The maximum atomic E-state index is 9.56. The van der Waals surface area contributed by atoms with E-state index in [1.165, 1.54) is 0 Å². The third-order valence-corrected chi connectivity index (χ3v) is 0. The van der Waals surface area contributed by atoms with E-state index in [4.69, 9.17) is 0 Å². The van der Waals surface area contributed by atoms with Crippen LogP contribution in [-0.4, -0.2) is 42.9 Å². The second kappa shape index (κ2) is 16.2. The second-order valence-electron chi connectivity index (χ2n) is 0.800. The van der Waals surface area contributed by atoms with Gasteiger partial charge in [0.15, 0.2) is 0 Å². The average Bonchev–Trinajstić information content (AvgIpc) is 1.33. The van der Waals surface area contributed by atoms with Crippen LogP contribution in [0.15, 0.2) is 0 Å². The van der Waals surface area contributed by atoms with Crippen molar-refractivity contribution in [2.24, 2.45) is 0 Å². The Balaban J connectivity index is -0.0000000575. The molecule has 0 aromatic carbocycles. The number of hydrogen-bond donors (Lipinski definition) is 0. The van der Waals surface area contributed by atoms with Crippen LogP contribution in [0.5, 0.6) is 0 Å². The zero-order valence-electron chi connectivity index (χ0n) is 4.69. The molecule has 0 bridgehead atoms. The molecule has 0 saturated carbocycles. The van der Waals surface area contributed by atoms with E-state index in [1.54, 1.807) is 58.5 Å². The number of hydrogen-bond acceptors (Lipinski definition) is 2. The van der Waals surface area contributed by atoms with Crippen LogP contribution in [0.3, 0.4) is 0 Å². The van der Waals surface area contributed by atoms with Crippen molar-refractivity contribution in [2.75, 3.05) is 12.5 Å². The molecule has 0 radical (unpaired) electrons. The molecule has 0 amide bonds. The Hall–Kier alpha value is 2.45. The van der Waals surface area contributed by atoms with Crippen molar-refractivity contribution in [3.63, 3.8) is 0 Å². The van der Waals surface area contributed by atoms with E-state index in [9.17, 15) is 4.21 Å². The van der Waals surface area contributed by atoms with Crippen molar-refractivity contribution >= 4 is 83.0 Å². The Morgan fingerprint density at radius 1 is 1.38 bits per heavy atom. The Labute approximate surface area is 99.5 Å². The summed E-state index contributed by atoms with van der Waals surface area (Å²) in [4.78, 5) is 0. The summed E-state index contributed by atoms with van der Waals surface area (Å²) in [5.74, 6) is 0. The fourth-order valence-electron chi connectivity index (χ4n) is 0. The first-order valence-corrected chi connectivity index (χ1v) is 5.02. The van der Waals surface area contributed by atoms with Crippen LogP contribution in [0.2, 0.25) is 0 Å². The predicted molar refractivity (Wildman–Crippen MR) is 59.1 cm³/mol. The standard InChI is InChI=1S/C2H6OS.Bi.I2O.3H/c1-4(2)3;;1-3-2;;;/h1-2H3;;;;;. The van der Waals surface area contributed by atoms with Gasteiger partial charge in [-0.2, -0.15) is 0 Å². The van der Waals surface area contributed by atoms with Crippen LogP contribution in [0.1, 0.15) is 0 Å². The third-order valence-electron chi connectivity index (χ3n) is 0. The molecule has 0 unspecified atom stereocenters. The predicted octanol–water partition coefficient (Wildman–Crippen LogP) is 0.514. The SMILES string of the molecule is CS(C)=O.IOI.[BiH3]. The van der Waals surface area contributed by atoms with Crippen LogP contribution >= 0.6 is 46.0 Å². The van der Waals surface area contributed by atoms with E-state index < -0.39 is 10.8 Å². The average molecular weight is 560 g/mol. The van der Waals surface area contributed by atoms with Crippen molar-refractivity contribution < 1.29 is 5.60 Å². The Morgan fingerprint density at radius 3 is 1.38 bits per heavy atom. The topological polar surface area (TPSA) is 26.3 Å². The van der Waals surface area contributed by atoms with Crippen LogP contribution in [-0.2, 0) is 12.2 Å². The van der Waals surface area contributed by atoms with E-state index in [1.807, 2.05) is 0 Å². The van der Waals surface area contributed by atoms with Gasteiger partial charge < -0.3 is 0 Å². The fraction of sp³-hybridized carbons (Fsp3) is 1.00. The van der Waals surface area contributed by atoms with Gasteiger partial charge in [0.1, 0.15) is 46.0 Å². The summed E-state index contributed by atoms with van der Waals surface area (Å²) in [7, 11) is -0.611. The zero-order valence-corrected chi connectivity index (χ0v) is 15.3. The van der Waals surface area contributed by atoms with Gasteiger partial charge in [-0.05, 0) is 0 Å². The van der Waals surface area contributed by atoms with Gasteiger partial charge in [-0.15, -0.1) is 0 Å². The molecule has 0 saturated heterocycles. The van der Waals surface area contributed by atoms with E-state index in [2.05, 4.69) is 1.40 Å². The minimum absolute atomic E-state index is 0. The summed E-state index contributed by atoms with van der Waals surface area (Å²) in [5.41, 5.74) is 0. The summed E-state index contributed by atoms with van der Waals surface area (Å²) in [6.45, 7) is 0. The van der Waals surface area contributed by atoms with Crippen LogP contribution in [0, 0.1) is 0 Å². The van der Waals surface area contributed by atoms with Gasteiger partial charge in [0, 0.05) is 23.3 Å². The zero-order chi connectivity index (χ0) is 6.28.